The van der Waals surface area contributed by atoms with Gasteiger partial charge in [-0.25, -0.2) is 13.2 Å². The molecule has 3 aliphatic rings. The summed E-state index contributed by atoms with van der Waals surface area (Å²) in [6.45, 7) is 0. The minimum atomic E-state index is -2.60. The van der Waals surface area contributed by atoms with Gasteiger partial charge in [0.2, 0.25) is 0 Å². The summed E-state index contributed by atoms with van der Waals surface area (Å²) in [5.74, 6) is -0.465. The minimum absolute atomic E-state index is 0.0650. The van der Waals surface area contributed by atoms with E-state index in [2.05, 4.69) is 24.3 Å². The Kier molecular flexibility index (Phi) is 7.50. The number of nitrogens with zero attached hydrogens (tertiary/aromatic N) is 3. The van der Waals surface area contributed by atoms with Crippen molar-refractivity contribution in [2.24, 2.45) is 5.41 Å². The van der Waals surface area contributed by atoms with Crippen molar-refractivity contribution in [3.05, 3.63) is 113 Å². The van der Waals surface area contributed by atoms with Gasteiger partial charge < -0.3 is 4.79 Å². The van der Waals surface area contributed by atoms with Crippen LogP contribution in [0.1, 0.15) is 67.2 Å². The normalized spacial score (nSPS) is 20.5. The second-order valence-electron chi connectivity index (χ2n) is 12.4. The van der Waals surface area contributed by atoms with Crippen molar-refractivity contribution < 1.29 is 18.0 Å². The number of carbonyl (C=O) groups is 1. The van der Waals surface area contributed by atoms with Crippen LogP contribution in [0, 0.1) is 33.9 Å². The van der Waals surface area contributed by atoms with E-state index >= 15 is 4.39 Å². The number of halogens is 3. The average Bonchev–Trinajstić information content (AvgIpc) is 3.41. The van der Waals surface area contributed by atoms with Gasteiger partial charge in [0.1, 0.15) is 12.1 Å². The quantitative estimate of drug-likeness (QED) is 0.168. The monoisotopic (exact) mass is 631 g/mol. The highest BCUT2D eigenvalue weighted by molar-refractivity contribution is 7.98. The summed E-state index contributed by atoms with van der Waals surface area (Å²) >= 11 is 1.31. The molecule has 0 N–H and O–H groups in total. The largest absolute Gasteiger partial charge is 0.303 e. The number of aromatic nitrogens is 1. The highest BCUT2D eigenvalue weighted by atomic mass is 32.2. The van der Waals surface area contributed by atoms with Gasteiger partial charge in [0.25, 0.3) is 6.43 Å². The fourth-order valence-electron chi connectivity index (χ4n) is 7.45. The molecule has 8 rings (SSSR count). The Hall–Kier alpha value is -4.79. The van der Waals surface area contributed by atoms with Crippen LogP contribution in [-0.4, -0.2) is 10.3 Å². The Morgan fingerprint density at radius 3 is 2.07 bits per heavy atom. The number of hydrogen-bond donors (Lipinski definition) is 0. The number of nitriles is 2. The first kappa shape index (κ1) is 29.9. The van der Waals surface area contributed by atoms with Crippen molar-refractivity contribution in [3.63, 3.8) is 0 Å². The highest BCUT2D eigenvalue weighted by Crippen LogP contribution is 2.57. The molecule has 0 radical (unpaired) electrons. The lowest BCUT2D eigenvalue weighted by Crippen LogP contribution is -2.44. The zero-order chi connectivity index (χ0) is 32.1. The Morgan fingerprint density at radius 1 is 0.804 bits per heavy atom. The first-order valence-electron chi connectivity index (χ1n) is 15.2. The standard InChI is InChI=1S/C38H28F3N3OS/c39-29-9-12-32-31(20-29)34(33-26(21-42)4-1-5-27(33)22-43)35(44(32)46-30-10-7-24(8-11-30)36(40)41)25-3-2-6-28(19-25)38-16-13-37(23-45,14-17-38)15-18-38/h1-12,19-20,23,36H,13-18H2. The number of alkyl halides is 2. The van der Waals surface area contributed by atoms with E-state index in [0.717, 1.165) is 50.4 Å². The molecule has 0 spiro atoms. The number of carbonyl (C=O) groups excluding carboxylic acids is 1. The second-order valence-corrected chi connectivity index (χ2v) is 13.5. The molecule has 1 aromatic heterocycles. The molecule has 2 bridgehead atoms. The van der Waals surface area contributed by atoms with Gasteiger partial charge in [0.15, 0.2) is 0 Å². The van der Waals surface area contributed by atoms with Gasteiger partial charge in [-0.3, -0.25) is 3.97 Å². The van der Waals surface area contributed by atoms with Crippen LogP contribution in [0.15, 0.2) is 89.8 Å². The van der Waals surface area contributed by atoms with Crippen LogP contribution < -0.4 is 0 Å². The Morgan fingerprint density at radius 2 is 1.46 bits per heavy atom. The molecule has 46 heavy (non-hydrogen) atoms. The zero-order valence-corrected chi connectivity index (χ0v) is 25.6. The maximum absolute atomic E-state index is 15.0. The third-order valence-corrected chi connectivity index (χ3v) is 11.1. The molecule has 0 unspecified atom stereocenters. The van der Waals surface area contributed by atoms with Crippen molar-refractivity contribution >= 4 is 29.1 Å². The number of fused-ring (bicyclic) bond motifs is 4. The minimum Gasteiger partial charge on any atom is -0.303 e. The van der Waals surface area contributed by atoms with Crippen LogP contribution in [0.4, 0.5) is 13.2 Å². The van der Waals surface area contributed by atoms with Gasteiger partial charge in [-0.05, 0) is 110 Å². The van der Waals surface area contributed by atoms with Crippen molar-refractivity contribution in [2.45, 2.75) is 55.3 Å². The summed E-state index contributed by atoms with van der Waals surface area (Å²) in [5, 5.41) is 20.9. The third-order valence-electron chi connectivity index (χ3n) is 10.1. The summed E-state index contributed by atoms with van der Waals surface area (Å²) in [6.07, 6.45) is 3.87. The molecule has 8 heteroatoms. The number of aldehydes is 1. The molecule has 0 aliphatic heterocycles. The van der Waals surface area contributed by atoms with Gasteiger partial charge in [-0.2, -0.15) is 10.5 Å². The molecule has 0 saturated heterocycles. The summed E-state index contributed by atoms with van der Waals surface area (Å²) in [4.78, 5) is 12.6. The molecule has 0 amide bonds. The first-order chi connectivity index (χ1) is 22.3. The number of rotatable bonds is 7. The van der Waals surface area contributed by atoms with E-state index < -0.39 is 12.2 Å². The van der Waals surface area contributed by atoms with Gasteiger partial charge in [0, 0.05) is 38.0 Å². The molecule has 1 heterocycles. The molecular weight excluding hydrogens is 603 g/mol. The molecule has 5 aromatic rings. The van der Waals surface area contributed by atoms with Gasteiger partial charge in [-0.15, -0.1) is 0 Å². The Labute approximate surface area is 269 Å². The van der Waals surface area contributed by atoms with Crippen LogP contribution in [0.2, 0.25) is 0 Å². The van der Waals surface area contributed by atoms with Crippen molar-refractivity contribution in [1.29, 1.82) is 10.5 Å². The first-order valence-corrected chi connectivity index (χ1v) is 16.0. The van der Waals surface area contributed by atoms with E-state index in [0.29, 0.717) is 32.6 Å². The van der Waals surface area contributed by atoms with Crippen LogP contribution in [0.3, 0.4) is 0 Å². The number of hydrogen-bond acceptors (Lipinski definition) is 4. The molecule has 4 aromatic carbocycles. The molecule has 4 nitrogen and oxygen atoms in total. The van der Waals surface area contributed by atoms with E-state index in [1.807, 2.05) is 16.1 Å². The van der Waals surface area contributed by atoms with E-state index in [9.17, 15) is 24.1 Å². The SMILES string of the molecule is N#Cc1cccc(C#N)c1-c1c(-c2cccc(C34CCC(C=O)(CC3)CC4)c2)n(Sc2ccc(C(F)F)cc2)c2ccc(F)cc12. The average molecular weight is 632 g/mol. The molecule has 3 fully saturated rings. The topological polar surface area (TPSA) is 69.6 Å². The van der Waals surface area contributed by atoms with Gasteiger partial charge in [-0.1, -0.05) is 36.4 Å². The second kappa shape index (κ2) is 11.5. The van der Waals surface area contributed by atoms with Crippen LogP contribution in [-0.2, 0) is 10.2 Å². The van der Waals surface area contributed by atoms with E-state index in [1.54, 1.807) is 36.4 Å². The smallest absolute Gasteiger partial charge is 0.263 e. The summed E-state index contributed by atoms with van der Waals surface area (Å²) in [7, 11) is 0. The summed E-state index contributed by atoms with van der Waals surface area (Å²) in [6, 6.07) is 28.2. The van der Waals surface area contributed by atoms with Crippen molar-refractivity contribution in [2.75, 3.05) is 0 Å². The molecule has 3 saturated carbocycles. The lowest BCUT2D eigenvalue weighted by atomic mass is 9.52. The van der Waals surface area contributed by atoms with Crippen LogP contribution >= 0.6 is 11.9 Å². The molecule has 0 atom stereocenters. The number of benzene rings is 4. The zero-order valence-electron chi connectivity index (χ0n) is 24.8. The lowest BCUT2D eigenvalue weighted by Gasteiger charge is -2.51. The van der Waals surface area contributed by atoms with Gasteiger partial charge in [0.05, 0.1) is 34.5 Å². The molecular formula is C38H28F3N3OS. The van der Waals surface area contributed by atoms with E-state index in [1.165, 1.54) is 41.8 Å². The highest BCUT2D eigenvalue weighted by Gasteiger charge is 2.49. The fraction of sp³-hybridized carbons (Fsp3) is 0.237. The maximum atomic E-state index is 15.0. The fourth-order valence-corrected chi connectivity index (χ4v) is 8.47. The van der Waals surface area contributed by atoms with Crippen LogP contribution in [0.25, 0.3) is 33.3 Å². The summed E-state index contributed by atoms with van der Waals surface area (Å²) < 4.78 is 43.7. The third kappa shape index (κ3) is 4.89. The predicted octanol–water partition coefficient (Wildman–Crippen LogP) is 10.1. The van der Waals surface area contributed by atoms with Crippen LogP contribution in [0.5, 0.6) is 0 Å². The van der Waals surface area contributed by atoms with E-state index in [4.69, 9.17) is 0 Å². The van der Waals surface area contributed by atoms with E-state index in [-0.39, 0.29) is 27.5 Å². The Balaban J connectivity index is 1.50. The Bertz CT molecular complexity index is 2030. The predicted molar refractivity (Wildman–Crippen MR) is 173 cm³/mol. The lowest BCUT2D eigenvalue weighted by molar-refractivity contribution is -0.122. The summed E-state index contributed by atoms with van der Waals surface area (Å²) in [5.41, 5.74) is 4.50. The molecule has 228 valence electrons. The molecule has 3 aliphatic carbocycles. The van der Waals surface area contributed by atoms with Crippen molar-refractivity contribution in [3.8, 4) is 34.5 Å². The maximum Gasteiger partial charge on any atom is 0.263 e. The van der Waals surface area contributed by atoms with Gasteiger partial charge >= 0.3 is 0 Å². The van der Waals surface area contributed by atoms with Crippen molar-refractivity contribution in [1.82, 2.24) is 3.97 Å².